The van der Waals surface area contributed by atoms with Crippen LogP contribution in [0.4, 0.5) is 0 Å². The van der Waals surface area contributed by atoms with E-state index in [4.69, 9.17) is 8.92 Å². The van der Waals surface area contributed by atoms with Crippen molar-refractivity contribution in [3.63, 3.8) is 0 Å². The lowest BCUT2D eigenvalue weighted by Gasteiger charge is -2.13. The molecule has 0 aromatic heterocycles. The second-order valence-electron chi connectivity index (χ2n) is 6.59. The number of aryl methyl sites for hydroxylation is 1. The van der Waals surface area contributed by atoms with Crippen molar-refractivity contribution < 1.29 is 22.1 Å². The van der Waals surface area contributed by atoms with Gasteiger partial charge in [0.05, 0.1) is 16.9 Å². The molecule has 166 valence electrons. The molecule has 3 aromatic rings. The molecule has 7 nitrogen and oxygen atoms in total. The minimum Gasteiger partial charge on any atom is -0.493 e. The van der Waals surface area contributed by atoms with Gasteiger partial charge in [-0.15, -0.1) is 0 Å². The zero-order valence-electron chi connectivity index (χ0n) is 17.0. The van der Waals surface area contributed by atoms with Crippen LogP contribution in [0, 0.1) is 10.5 Å². The summed E-state index contributed by atoms with van der Waals surface area (Å²) >= 11 is 5.27. The van der Waals surface area contributed by atoms with E-state index in [1.165, 1.54) is 25.5 Å². The summed E-state index contributed by atoms with van der Waals surface area (Å²) in [7, 11) is -2.63. The first kappa shape index (κ1) is 24.2. The number of carbonyl (C=O) groups excluding carboxylic acids is 1. The van der Waals surface area contributed by atoms with E-state index in [0.717, 1.165) is 10.0 Å². The normalized spacial score (nSPS) is 11.4. The third-order valence-electron chi connectivity index (χ3n) is 4.22. The topological polar surface area (TPSA) is 94.1 Å². The highest BCUT2D eigenvalue weighted by Gasteiger charge is 2.21. The van der Waals surface area contributed by atoms with E-state index in [2.05, 4.69) is 26.5 Å². The number of hydrogen-bond acceptors (Lipinski definition) is 6. The molecule has 3 rings (SSSR count). The maximum atomic E-state index is 12.7. The van der Waals surface area contributed by atoms with Gasteiger partial charge in [0.1, 0.15) is 4.90 Å². The molecule has 0 heterocycles. The maximum absolute atomic E-state index is 12.7. The van der Waals surface area contributed by atoms with Crippen molar-refractivity contribution in [1.29, 1.82) is 0 Å². The summed E-state index contributed by atoms with van der Waals surface area (Å²) in [6.07, 6.45) is 1.43. The highest BCUT2D eigenvalue weighted by atomic mass is 127. The number of halogens is 2. The van der Waals surface area contributed by atoms with E-state index in [1.54, 1.807) is 42.5 Å². The van der Waals surface area contributed by atoms with Crippen LogP contribution in [0.3, 0.4) is 0 Å². The Bertz CT molecular complexity index is 1280. The maximum Gasteiger partial charge on any atom is 0.339 e. The molecule has 0 spiro atoms. The number of amides is 1. The van der Waals surface area contributed by atoms with Gasteiger partial charge in [-0.2, -0.15) is 13.5 Å². The number of nitrogens with zero attached hydrogens (tertiary/aromatic N) is 1. The average molecular weight is 629 g/mol. The van der Waals surface area contributed by atoms with Crippen LogP contribution in [0.15, 0.2) is 75.1 Å². The molecule has 32 heavy (non-hydrogen) atoms. The molecule has 1 amide bonds. The van der Waals surface area contributed by atoms with E-state index < -0.39 is 10.1 Å². The molecular formula is C22H18BrIN2O5S. The van der Waals surface area contributed by atoms with Crippen LogP contribution in [0.25, 0.3) is 0 Å². The predicted molar refractivity (Wildman–Crippen MR) is 134 cm³/mol. The first-order valence-electron chi connectivity index (χ1n) is 9.17. The van der Waals surface area contributed by atoms with Crippen molar-refractivity contribution in [1.82, 2.24) is 5.43 Å². The van der Waals surface area contributed by atoms with E-state index in [-0.39, 0.29) is 22.3 Å². The summed E-state index contributed by atoms with van der Waals surface area (Å²) < 4.78 is 37.3. The van der Waals surface area contributed by atoms with Crippen molar-refractivity contribution in [2.75, 3.05) is 7.11 Å². The molecule has 0 atom stereocenters. The Hall–Kier alpha value is -2.44. The van der Waals surface area contributed by atoms with Crippen LogP contribution in [-0.2, 0) is 10.1 Å². The van der Waals surface area contributed by atoms with Gasteiger partial charge in [-0.25, -0.2) is 5.43 Å². The number of carbonyl (C=O) groups is 1. The van der Waals surface area contributed by atoms with E-state index in [0.29, 0.717) is 14.7 Å². The van der Waals surface area contributed by atoms with Crippen molar-refractivity contribution >= 4 is 60.8 Å². The van der Waals surface area contributed by atoms with Crippen molar-refractivity contribution in [3.8, 4) is 11.5 Å². The molecule has 0 radical (unpaired) electrons. The molecule has 0 saturated carbocycles. The molecular weight excluding hydrogens is 611 g/mol. The van der Waals surface area contributed by atoms with Crippen molar-refractivity contribution in [2.24, 2.45) is 5.10 Å². The number of nitrogens with one attached hydrogen (secondary N) is 1. The largest absolute Gasteiger partial charge is 0.493 e. The lowest BCUT2D eigenvalue weighted by molar-refractivity contribution is 0.0955. The summed E-state index contributed by atoms with van der Waals surface area (Å²) in [6.45, 7) is 1.87. The zero-order chi connectivity index (χ0) is 23.3. The summed E-state index contributed by atoms with van der Waals surface area (Å²) in [5.74, 6) is -0.0790. The molecule has 0 bridgehead atoms. The number of rotatable bonds is 7. The highest BCUT2D eigenvalue weighted by molar-refractivity contribution is 14.1. The van der Waals surface area contributed by atoms with Gasteiger partial charge < -0.3 is 8.92 Å². The first-order chi connectivity index (χ1) is 15.2. The second kappa shape index (κ2) is 10.5. The minimum absolute atomic E-state index is 0.0434. The zero-order valence-corrected chi connectivity index (χ0v) is 21.6. The first-order valence-corrected chi connectivity index (χ1v) is 12.5. The van der Waals surface area contributed by atoms with Gasteiger partial charge in [0.25, 0.3) is 5.91 Å². The molecule has 0 aliphatic rings. The van der Waals surface area contributed by atoms with E-state index in [9.17, 15) is 13.2 Å². The molecule has 3 aromatic carbocycles. The number of ether oxygens (including phenoxy) is 1. The average Bonchev–Trinajstić information content (AvgIpc) is 2.75. The standard InChI is InChI=1S/C22H18BrIN2O5S/c1-14-6-8-18(9-7-14)32(28,29)31-21-19(24)10-15(11-20(21)30-2)13-25-26-22(27)16-4-3-5-17(23)12-16/h3-13H,1-2H3,(H,26,27)/b25-13-. The van der Waals surface area contributed by atoms with Crippen LogP contribution >= 0.6 is 38.5 Å². The van der Waals surface area contributed by atoms with E-state index in [1.807, 2.05) is 35.6 Å². The Morgan fingerprint density at radius 2 is 1.84 bits per heavy atom. The Labute approximate surface area is 208 Å². The summed E-state index contributed by atoms with van der Waals surface area (Å²) in [4.78, 5) is 12.2. The number of benzene rings is 3. The van der Waals surface area contributed by atoms with Gasteiger partial charge in [0.15, 0.2) is 11.5 Å². The fourth-order valence-corrected chi connectivity index (χ4v) is 4.86. The second-order valence-corrected chi connectivity index (χ2v) is 10.2. The minimum atomic E-state index is -4.04. The SMILES string of the molecule is COc1cc(/C=N\NC(=O)c2cccc(Br)c2)cc(I)c1OS(=O)(=O)c1ccc(C)cc1. The Kier molecular flexibility index (Phi) is 7.91. The van der Waals surface area contributed by atoms with Crippen LogP contribution in [0.1, 0.15) is 21.5 Å². The monoisotopic (exact) mass is 628 g/mol. The summed E-state index contributed by atoms with van der Waals surface area (Å²) in [6, 6.07) is 16.5. The van der Waals surface area contributed by atoms with Crippen molar-refractivity contribution in [2.45, 2.75) is 11.8 Å². The van der Waals surface area contributed by atoms with E-state index >= 15 is 0 Å². The molecule has 10 heteroatoms. The Morgan fingerprint density at radius 1 is 1.12 bits per heavy atom. The van der Waals surface area contributed by atoms with Gasteiger partial charge in [-0.3, -0.25) is 4.79 Å². The van der Waals surface area contributed by atoms with Gasteiger partial charge >= 0.3 is 10.1 Å². The fourth-order valence-electron chi connectivity index (χ4n) is 2.62. The van der Waals surface area contributed by atoms with Crippen molar-refractivity contribution in [3.05, 3.63) is 85.4 Å². The quantitative estimate of drug-likeness (QED) is 0.174. The molecule has 0 saturated heterocycles. The lowest BCUT2D eigenvalue weighted by Crippen LogP contribution is -2.17. The molecule has 0 aliphatic carbocycles. The third-order valence-corrected chi connectivity index (χ3v) is 6.75. The smallest absolute Gasteiger partial charge is 0.339 e. The van der Waals surface area contributed by atoms with Gasteiger partial charge in [0.2, 0.25) is 0 Å². The van der Waals surface area contributed by atoms with Crippen LogP contribution in [-0.4, -0.2) is 27.6 Å². The molecule has 0 fully saturated rings. The number of methoxy groups -OCH3 is 1. The van der Waals surface area contributed by atoms with Gasteiger partial charge in [-0.05, 0) is 77.5 Å². The molecule has 1 N–H and O–H groups in total. The number of hydrazone groups is 1. The Morgan fingerprint density at radius 3 is 2.50 bits per heavy atom. The predicted octanol–water partition coefficient (Wildman–Crippen LogP) is 4.90. The Balaban J connectivity index is 1.79. The third kappa shape index (κ3) is 6.08. The fraction of sp³-hybridized carbons (Fsp3) is 0.0909. The summed E-state index contributed by atoms with van der Waals surface area (Å²) in [5.41, 5.74) is 4.42. The lowest BCUT2D eigenvalue weighted by atomic mass is 10.2. The summed E-state index contributed by atoms with van der Waals surface area (Å²) in [5, 5.41) is 3.97. The van der Waals surface area contributed by atoms with Crippen LogP contribution < -0.4 is 14.3 Å². The van der Waals surface area contributed by atoms with Gasteiger partial charge in [0, 0.05) is 10.0 Å². The van der Waals surface area contributed by atoms with Crippen LogP contribution in [0.2, 0.25) is 0 Å². The molecule has 0 unspecified atom stereocenters. The molecule has 0 aliphatic heterocycles. The van der Waals surface area contributed by atoms with Crippen LogP contribution in [0.5, 0.6) is 11.5 Å². The highest BCUT2D eigenvalue weighted by Crippen LogP contribution is 2.35. The number of hydrogen-bond donors (Lipinski definition) is 1. The van der Waals surface area contributed by atoms with Gasteiger partial charge in [-0.1, -0.05) is 39.7 Å².